The quantitative estimate of drug-likeness (QED) is 0.712. The second-order valence-corrected chi connectivity index (χ2v) is 3.15. The standard InChI is InChI=1S/C10H15FN2/c1-4-13(3)8(2)10-6-5-9(11)7-12-10/h5-8H,4H2,1-3H3. The maximum absolute atomic E-state index is 12.6. The van der Waals surface area contributed by atoms with Gasteiger partial charge >= 0.3 is 0 Å². The number of hydrogen-bond acceptors (Lipinski definition) is 2. The average Bonchev–Trinajstić information content (AvgIpc) is 2.17. The van der Waals surface area contributed by atoms with Gasteiger partial charge in [0.2, 0.25) is 0 Å². The van der Waals surface area contributed by atoms with E-state index in [-0.39, 0.29) is 11.9 Å². The van der Waals surface area contributed by atoms with Crippen molar-refractivity contribution in [1.82, 2.24) is 9.88 Å². The molecule has 0 N–H and O–H groups in total. The molecule has 1 rings (SSSR count). The van der Waals surface area contributed by atoms with E-state index in [0.29, 0.717) is 0 Å². The van der Waals surface area contributed by atoms with Crippen molar-refractivity contribution < 1.29 is 4.39 Å². The molecule has 0 amide bonds. The summed E-state index contributed by atoms with van der Waals surface area (Å²) in [5.41, 5.74) is 0.908. The number of rotatable bonds is 3. The highest BCUT2D eigenvalue weighted by Crippen LogP contribution is 2.15. The molecule has 0 bridgehead atoms. The molecule has 0 aromatic carbocycles. The summed E-state index contributed by atoms with van der Waals surface area (Å²) < 4.78 is 12.6. The monoisotopic (exact) mass is 182 g/mol. The van der Waals surface area contributed by atoms with E-state index in [0.717, 1.165) is 12.2 Å². The molecule has 13 heavy (non-hydrogen) atoms. The molecule has 72 valence electrons. The topological polar surface area (TPSA) is 16.1 Å². The normalized spacial score (nSPS) is 13.3. The van der Waals surface area contributed by atoms with Gasteiger partial charge in [-0.3, -0.25) is 9.88 Å². The Morgan fingerprint density at radius 1 is 1.54 bits per heavy atom. The van der Waals surface area contributed by atoms with Gasteiger partial charge in [-0.2, -0.15) is 0 Å². The van der Waals surface area contributed by atoms with Crippen LogP contribution in [0.25, 0.3) is 0 Å². The van der Waals surface area contributed by atoms with Crippen LogP contribution >= 0.6 is 0 Å². The molecule has 0 spiro atoms. The Kier molecular flexibility index (Phi) is 3.37. The Morgan fingerprint density at radius 3 is 2.69 bits per heavy atom. The highest BCUT2D eigenvalue weighted by Gasteiger charge is 2.10. The fourth-order valence-corrected chi connectivity index (χ4v) is 1.13. The maximum atomic E-state index is 12.6. The summed E-state index contributed by atoms with van der Waals surface area (Å²) in [4.78, 5) is 6.18. The number of hydrogen-bond donors (Lipinski definition) is 0. The molecule has 0 radical (unpaired) electrons. The zero-order valence-electron chi connectivity index (χ0n) is 8.29. The van der Waals surface area contributed by atoms with Crippen LogP contribution in [0.5, 0.6) is 0 Å². The molecule has 0 aliphatic heterocycles. The second kappa shape index (κ2) is 4.33. The first kappa shape index (κ1) is 10.1. The Bertz CT molecular complexity index is 258. The minimum atomic E-state index is -0.282. The Labute approximate surface area is 78.4 Å². The van der Waals surface area contributed by atoms with Crippen molar-refractivity contribution in [3.8, 4) is 0 Å². The minimum Gasteiger partial charge on any atom is -0.298 e. The first-order valence-electron chi connectivity index (χ1n) is 4.46. The Hall–Kier alpha value is -0.960. The summed E-state index contributed by atoms with van der Waals surface area (Å²) in [5, 5.41) is 0. The zero-order valence-corrected chi connectivity index (χ0v) is 8.29. The molecular weight excluding hydrogens is 167 g/mol. The van der Waals surface area contributed by atoms with Gasteiger partial charge in [0.05, 0.1) is 11.9 Å². The SMILES string of the molecule is CCN(C)C(C)c1ccc(F)cn1. The molecule has 0 saturated carbocycles. The van der Waals surface area contributed by atoms with Gasteiger partial charge in [0.15, 0.2) is 0 Å². The van der Waals surface area contributed by atoms with Gasteiger partial charge in [-0.15, -0.1) is 0 Å². The lowest BCUT2D eigenvalue weighted by atomic mass is 10.2. The van der Waals surface area contributed by atoms with Gasteiger partial charge in [0.1, 0.15) is 5.82 Å². The molecule has 0 fully saturated rings. The summed E-state index contributed by atoms with van der Waals surface area (Å²) >= 11 is 0. The molecule has 3 heteroatoms. The highest BCUT2D eigenvalue weighted by atomic mass is 19.1. The molecule has 0 aliphatic carbocycles. The van der Waals surface area contributed by atoms with Gasteiger partial charge in [-0.1, -0.05) is 6.92 Å². The fourth-order valence-electron chi connectivity index (χ4n) is 1.13. The average molecular weight is 182 g/mol. The van der Waals surface area contributed by atoms with Gasteiger partial charge in [-0.25, -0.2) is 4.39 Å². The van der Waals surface area contributed by atoms with E-state index in [2.05, 4.69) is 23.7 Å². The van der Waals surface area contributed by atoms with Gasteiger partial charge in [-0.05, 0) is 32.6 Å². The third kappa shape index (κ3) is 2.49. The van der Waals surface area contributed by atoms with E-state index in [4.69, 9.17) is 0 Å². The van der Waals surface area contributed by atoms with Crippen LogP contribution in [-0.4, -0.2) is 23.5 Å². The van der Waals surface area contributed by atoms with Crippen LogP contribution < -0.4 is 0 Å². The van der Waals surface area contributed by atoms with Crippen LogP contribution in [0, 0.1) is 5.82 Å². The summed E-state index contributed by atoms with van der Waals surface area (Å²) in [7, 11) is 2.02. The number of nitrogens with zero attached hydrogens (tertiary/aromatic N) is 2. The van der Waals surface area contributed by atoms with Crippen molar-refractivity contribution in [2.75, 3.05) is 13.6 Å². The molecule has 2 nitrogen and oxygen atoms in total. The largest absolute Gasteiger partial charge is 0.298 e. The van der Waals surface area contributed by atoms with Crippen molar-refractivity contribution in [1.29, 1.82) is 0 Å². The lowest BCUT2D eigenvalue weighted by Gasteiger charge is -2.22. The first-order valence-corrected chi connectivity index (χ1v) is 4.46. The maximum Gasteiger partial charge on any atom is 0.141 e. The lowest BCUT2D eigenvalue weighted by molar-refractivity contribution is 0.270. The van der Waals surface area contributed by atoms with E-state index in [1.165, 1.54) is 12.3 Å². The molecular formula is C10H15FN2. The highest BCUT2D eigenvalue weighted by molar-refractivity contribution is 5.08. The molecule has 1 heterocycles. The van der Waals surface area contributed by atoms with Crippen molar-refractivity contribution in [2.24, 2.45) is 0 Å². The molecule has 1 aromatic rings. The number of aromatic nitrogens is 1. The van der Waals surface area contributed by atoms with Crippen LogP contribution in [-0.2, 0) is 0 Å². The lowest BCUT2D eigenvalue weighted by Crippen LogP contribution is -2.22. The first-order chi connectivity index (χ1) is 6.15. The van der Waals surface area contributed by atoms with E-state index >= 15 is 0 Å². The number of pyridine rings is 1. The molecule has 1 unspecified atom stereocenters. The van der Waals surface area contributed by atoms with Crippen LogP contribution in [0.2, 0.25) is 0 Å². The smallest absolute Gasteiger partial charge is 0.141 e. The molecule has 0 saturated heterocycles. The van der Waals surface area contributed by atoms with Crippen LogP contribution in [0.15, 0.2) is 18.3 Å². The summed E-state index contributed by atoms with van der Waals surface area (Å²) in [6.07, 6.45) is 1.26. The van der Waals surface area contributed by atoms with Crippen LogP contribution in [0.4, 0.5) is 4.39 Å². The van der Waals surface area contributed by atoms with Crippen LogP contribution in [0.1, 0.15) is 25.6 Å². The third-order valence-corrected chi connectivity index (χ3v) is 2.34. The second-order valence-electron chi connectivity index (χ2n) is 3.15. The summed E-state index contributed by atoms with van der Waals surface area (Å²) in [6, 6.07) is 3.42. The fraction of sp³-hybridized carbons (Fsp3) is 0.500. The van der Waals surface area contributed by atoms with Crippen LogP contribution in [0.3, 0.4) is 0 Å². The summed E-state index contributed by atoms with van der Waals surface area (Å²) in [6.45, 7) is 5.10. The Balaban J connectivity index is 2.77. The van der Waals surface area contributed by atoms with Crippen molar-refractivity contribution in [2.45, 2.75) is 19.9 Å². The van der Waals surface area contributed by atoms with Crippen molar-refractivity contribution in [3.05, 3.63) is 29.8 Å². The number of halogens is 1. The Morgan fingerprint density at radius 2 is 2.23 bits per heavy atom. The third-order valence-electron chi connectivity index (χ3n) is 2.34. The van der Waals surface area contributed by atoms with Crippen molar-refractivity contribution in [3.63, 3.8) is 0 Å². The molecule has 1 aromatic heterocycles. The van der Waals surface area contributed by atoms with Crippen molar-refractivity contribution >= 4 is 0 Å². The predicted molar refractivity (Wildman–Crippen MR) is 50.9 cm³/mol. The predicted octanol–water partition coefficient (Wildman–Crippen LogP) is 2.23. The molecule has 0 aliphatic rings. The van der Waals surface area contributed by atoms with Gasteiger partial charge in [0.25, 0.3) is 0 Å². The van der Waals surface area contributed by atoms with E-state index in [1.807, 2.05) is 7.05 Å². The van der Waals surface area contributed by atoms with Gasteiger partial charge in [0, 0.05) is 6.04 Å². The van der Waals surface area contributed by atoms with Gasteiger partial charge < -0.3 is 0 Å². The van der Waals surface area contributed by atoms with E-state index < -0.39 is 0 Å². The molecule has 1 atom stereocenters. The minimum absolute atomic E-state index is 0.241. The van der Waals surface area contributed by atoms with E-state index in [9.17, 15) is 4.39 Å². The summed E-state index contributed by atoms with van der Waals surface area (Å²) in [5.74, 6) is -0.282. The van der Waals surface area contributed by atoms with E-state index in [1.54, 1.807) is 6.07 Å². The zero-order chi connectivity index (χ0) is 9.84.